The van der Waals surface area contributed by atoms with Crippen molar-refractivity contribution in [2.24, 2.45) is 0 Å². The van der Waals surface area contributed by atoms with Gasteiger partial charge in [0.1, 0.15) is 11.8 Å². The molecule has 1 aromatic carbocycles. The van der Waals surface area contributed by atoms with Crippen molar-refractivity contribution in [2.75, 3.05) is 20.2 Å². The summed E-state index contributed by atoms with van der Waals surface area (Å²) in [4.78, 5) is 38.0. The van der Waals surface area contributed by atoms with Gasteiger partial charge in [-0.1, -0.05) is 6.07 Å². The van der Waals surface area contributed by atoms with Crippen molar-refractivity contribution in [2.45, 2.75) is 44.2 Å². The zero-order valence-corrected chi connectivity index (χ0v) is 14.8. The number of nitrogens with one attached hydrogen (secondary N) is 2. The minimum Gasteiger partial charge on any atom is -0.496 e. The fourth-order valence-corrected chi connectivity index (χ4v) is 4.33. The van der Waals surface area contributed by atoms with Gasteiger partial charge in [0.15, 0.2) is 0 Å². The highest BCUT2D eigenvalue weighted by atomic mass is 16.5. The molecule has 3 heterocycles. The third kappa shape index (κ3) is 2.76. The van der Waals surface area contributed by atoms with Crippen LogP contribution in [0.3, 0.4) is 0 Å². The van der Waals surface area contributed by atoms with Crippen LogP contribution in [0.5, 0.6) is 5.75 Å². The molecule has 1 aromatic rings. The Hall–Kier alpha value is -2.41. The van der Waals surface area contributed by atoms with Gasteiger partial charge in [0, 0.05) is 17.5 Å². The molecule has 3 aliphatic heterocycles. The molecule has 7 nitrogen and oxygen atoms in total. The molecule has 2 fully saturated rings. The van der Waals surface area contributed by atoms with Crippen molar-refractivity contribution in [1.29, 1.82) is 0 Å². The van der Waals surface area contributed by atoms with Crippen LogP contribution in [0.4, 0.5) is 0 Å². The van der Waals surface area contributed by atoms with Crippen molar-refractivity contribution in [3.8, 4) is 5.75 Å². The third-order valence-electron chi connectivity index (χ3n) is 5.68. The molecule has 138 valence electrons. The Bertz CT molecular complexity index is 770. The summed E-state index contributed by atoms with van der Waals surface area (Å²) in [6.07, 6.45) is 2.71. The molecular formula is C19H23N3O4. The van der Waals surface area contributed by atoms with Crippen molar-refractivity contribution >= 4 is 17.7 Å². The van der Waals surface area contributed by atoms with E-state index in [-0.39, 0.29) is 24.1 Å². The number of imide groups is 1. The molecule has 2 saturated heterocycles. The van der Waals surface area contributed by atoms with E-state index >= 15 is 0 Å². The van der Waals surface area contributed by atoms with Gasteiger partial charge in [0.2, 0.25) is 11.8 Å². The predicted molar refractivity (Wildman–Crippen MR) is 93.9 cm³/mol. The molecule has 2 N–H and O–H groups in total. The molecule has 3 aliphatic rings. The molecule has 3 amide bonds. The first kappa shape index (κ1) is 17.0. The molecule has 0 bridgehead atoms. The van der Waals surface area contributed by atoms with Gasteiger partial charge in [0.25, 0.3) is 5.91 Å². The number of amides is 3. The van der Waals surface area contributed by atoms with Crippen LogP contribution in [0, 0.1) is 0 Å². The predicted octanol–water partition coefficient (Wildman–Crippen LogP) is 0.923. The zero-order valence-electron chi connectivity index (χ0n) is 14.8. The number of carbonyl (C=O) groups excluding carboxylic acids is 3. The Morgan fingerprint density at radius 2 is 1.88 bits per heavy atom. The number of hydrogen-bond acceptors (Lipinski definition) is 5. The fourth-order valence-electron chi connectivity index (χ4n) is 4.33. The zero-order chi connectivity index (χ0) is 18.3. The molecule has 0 radical (unpaired) electrons. The average Bonchev–Trinajstić information content (AvgIpc) is 2.98. The summed E-state index contributed by atoms with van der Waals surface area (Å²) in [6.45, 7) is 2.31. The standard InChI is InChI=1S/C19H23N3O4/c1-26-17-12(11-6-8-20-9-7-11)2-3-13-14(17)10-22(19(13)25)15-4-5-16(23)21-18(15)24/h2-3,11,15,20H,4-10H2,1H3,(H,21,23,24). The second-order valence-corrected chi connectivity index (χ2v) is 7.14. The second kappa shape index (κ2) is 6.72. The van der Waals surface area contributed by atoms with E-state index in [2.05, 4.69) is 10.6 Å². The minimum absolute atomic E-state index is 0.162. The summed E-state index contributed by atoms with van der Waals surface area (Å²) < 4.78 is 5.72. The third-order valence-corrected chi connectivity index (χ3v) is 5.68. The number of carbonyl (C=O) groups is 3. The SMILES string of the molecule is COc1c(C2CCNCC2)ccc2c1CN(C1CCC(=O)NC1=O)C2=O. The van der Waals surface area contributed by atoms with Crippen LogP contribution in [-0.4, -0.2) is 48.9 Å². The first-order chi connectivity index (χ1) is 12.6. The lowest BCUT2D eigenvalue weighted by atomic mass is 9.87. The lowest BCUT2D eigenvalue weighted by molar-refractivity contribution is -0.136. The smallest absolute Gasteiger partial charge is 0.255 e. The highest BCUT2D eigenvalue weighted by molar-refractivity contribution is 6.05. The largest absolute Gasteiger partial charge is 0.496 e. The number of benzene rings is 1. The van der Waals surface area contributed by atoms with Crippen LogP contribution >= 0.6 is 0 Å². The number of methoxy groups -OCH3 is 1. The summed E-state index contributed by atoms with van der Waals surface area (Å²) in [6, 6.07) is 3.27. The normalized spacial score (nSPS) is 23.8. The van der Waals surface area contributed by atoms with Crippen LogP contribution in [0.25, 0.3) is 0 Å². The van der Waals surface area contributed by atoms with Gasteiger partial charge >= 0.3 is 0 Å². The van der Waals surface area contributed by atoms with E-state index < -0.39 is 6.04 Å². The van der Waals surface area contributed by atoms with E-state index in [1.54, 1.807) is 12.0 Å². The molecule has 1 atom stereocenters. The van der Waals surface area contributed by atoms with E-state index in [1.807, 2.05) is 12.1 Å². The summed E-state index contributed by atoms with van der Waals surface area (Å²) in [5.41, 5.74) is 2.60. The summed E-state index contributed by atoms with van der Waals surface area (Å²) in [5, 5.41) is 5.70. The van der Waals surface area contributed by atoms with Crippen LogP contribution in [0.1, 0.15) is 53.1 Å². The van der Waals surface area contributed by atoms with Crippen LogP contribution in [0.2, 0.25) is 0 Å². The van der Waals surface area contributed by atoms with Gasteiger partial charge in [0.05, 0.1) is 13.7 Å². The molecule has 0 saturated carbocycles. The minimum atomic E-state index is -0.598. The van der Waals surface area contributed by atoms with E-state index in [4.69, 9.17) is 4.74 Å². The number of rotatable bonds is 3. The topological polar surface area (TPSA) is 87.7 Å². The highest BCUT2D eigenvalue weighted by Gasteiger charge is 2.41. The molecular weight excluding hydrogens is 334 g/mol. The molecule has 0 spiro atoms. The first-order valence-electron chi connectivity index (χ1n) is 9.15. The summed E-state index contributed by atoms with van der Waals surface area (Å²) in [5.74, 6) is 0.361. The van der Waals surface area contributed by atoms with Gasteiger partial charge < -0.3 is 15.0 Å². The van der Waals surface area contributed by atoms with Crippen LogP contribution in [-0.2, 0) is 16.1 Å². The Kier molecular flexibility index (Phi) is 4.40. The highest BCUT2D eigenvalue weighted by Crippen LogP contribution is 2.40. The van der Waals surface area contributed by atoms with Crippen LogP contribution in [0.15, 0.2) is 12.1 Å². The van der Waals surface area contributed by atoms with E-state index in [0.29, 0.717) is 24.4 Å². The van der Waals surface area contributed by atoms with Gasteiger partial charge in [-0.25, -0.2) is 0 Å². The quantitative estimate of drug-likeness (QED) is 0.786. The maximum absolute atomic E-state index is 12.9. The molecule has 0 aliphatic carbocycles. The number of ether oxygens (including phenoxy) is 1. The van der Waals surface area contributed by atoms with Gasteiger partial charge in [-0.3, -0.25) is 19.7 Å². The monoisotopic (exact) mass is 357 g/mol. The Morgan fingerprint density at radius 1 is 1.12 bits per heavy atom. The van der Waals surface area contributed by atoms with E-state index in [1.165, 1.54) is 0 Å². The Balaban J connectivity index is 1.65. The number of nitrogens with zero attached hydrogens (tertiary/aromatic N) is 1. The lowest BCUT2D eigenvalue weighted by Gasteiger charge is -2.29. The fraction of sp³-hybridized carbons (Fsp3) is 0.526. The second-order valence-electron chi connectivity index (χ2n) is 7.14. The van der Waals surface area contributed by atoms with Gasteiger partial charge in [-0.15, -0.1) is 0 Å². The first-order valence-corrected chi connectivity index (χ1v) is 9.15. The molecule has 26 heavy (non-hydrogen) atoms. The maximum Gasteiger partial charge on any atom is 0.255 e. The number of fused-ring (bicyclic) bond motifs is 1. The Morgan fingerprint density at radius 3 is 2.58 bits per heavy atom. The van der Waals surface area contributed by atoms with Crippen molar-refractivity contribution in [3.05, 3.63) is 28.8 Å². The number of piperidine rings is 2. The van der Waals surface area contributed by atoms with Crippen LogP contribution < -0.4 is 15.4 Å². The van der Waals surface area contributed by atoms with Gasteiger partial charge in [-0.05, 0) is 49.9 Å². The average molecular weight is 357 g/mol. The molecule has 0 aromatic heterocycles. The van der Waals surface area contributed by atoms with Crippen molar-refractivity contribution < 1.29 is 19.1 Å². The lowest BCUT2D eigenvalue weighted by Crippen LogP contribution is -2.52. The summed E-state index contributed by atoms with van der Waals surface area (Å²) >= 11 is 0. The van der Waals surface area contributed by atoms with Crippen molar-refractivity contribution in [3.63, 3.8) is 0 Å². The maximum atomic E-state index is 12.9. The Labute approximate surface area is 152 Å². The number of hydrogen-bond donors (Lipinski definition) is 2. The molecule has 4 rings (SSSR count). The molecule has 1 unspecified atom stereocenters. The molecule has 7 heteroatoms. The van der Waals surface area contributed by atoms with Crippen molar-refractivity contribution in [1.82, 2.24) is 15.5 Å². The van der Waals surface area contributed by atoms with E-state index in [9.17, 15) is 14.4 Å². The van der Waals surface area contributed by atoms with Gasteiger partial charge in [-0.2, -0.15) is 0 Å². The summed E-state index contributed by atoms with van der Waals surface area (Å²) in [7, 11) is 1.64. The van der Waals surface area contributed by atoms with E-state index in [0.717, 1.165) is 42.8 Å².